The standard InChI is InChI=1S/C18H19N3O5S/c1-13-7-3-6-10-16(13)21(27(2,25)26)12-17(22)20-19-11-14-8-4-5-9-15(14)18(23)24/h3-11H,12H2,1-2H3,(H,20,22)(H,23,24). The van der Waals surface area contributed by atoms with Crippen molar-refractivity contribution < 1.29 is 23.1 Å². The van der Waals surface area contributed by atoms with Crippen LogP contribution in [0.3, 0.4) is 0 Å². The minimum absolute atomic E-state index is 0.0353. The number of carbonyl (C=O) groups is 2. The largest absolute Gasteiger partial charge is 0.478 e. The summed E-state index contributed by atoms with van der Waals surface area (Å²) in [7, 11) is -3.69. The number of aryl methyl sites for hydroxylation is 1. The van der Waals surface area contributed by atoms with Crippen LogP contribution >= 0.6 is 0 Å². The Bertz CT molecular complexity index is 986. The number of carboxylic acid groups (broad SMARTS) is 1. The topological polar surface area (TPSA) is 116 Å². The van der Waals surface area contributed by atoms with Gasteiger partial charge in [-0.25, -0.2) is 18.6 Å². The second kappa shape index (κ2) is 8.45. The molecule has 2 N–H and O–H groups in total. The van der Waals surface area contributed by atoms with Crippen molar-refractivity contribution in [1.29, 1.82) is 0 Å². The van der Waals surface area contributed by atoms with Crippen molar-refractivity contribution in [2.24, 2.45) is 5.10 Å². The van der Waals surface area contributed by atoms with E-state index in [0.29, 0.717) is 16.8 Å². The molecular formula is C18H19N3O5S. The van der Waals surface area contributed by atoms with E-state index in [0.717, 1.165) is 10.6 Å². The number of amides is 1. The molecule has 0 aromatic heterocycles. The first-order valence-electron chi connectivity index (χ1n) is 7.87. The van der Waals surface area contributed by atoms with Gasteiger partial charge in [0.05, 0.1) is 23.7 Å². The predicted molar refractivity (Wildman–Crippen MR) is 103 cm³/mol. The van der Waals surface area contributed by atoms with Gasteiger partial charge in [-0.3, -0.25) is 9.10 Å². The number of carbonyl (C=O) groups excluding carboxylic acids is 1. The first-order chi connectivity index (χ1) is 12.7. The molecule has 2 aromatic rings. The van der Waals surface area contributed by atoms with E-state index < -0.39 is 28.4 Å². The van der Waals surface area contributed by atoms with Crippen molar-refractivity contribution in [2.45, 2.75) is 6.92 Å². The van der Waals surface area contributed by atoms with Crippen LogP contribution in [-0.2, 0) is 14.8 Å². The molecule has 9 heteroatoms. The minimum Gasteiger partial charge on any atom is -0.478 e. The summed E-state index contributed by atoms with van der Waals surface area (Å²) in [5.41, 5.74) is 3.67. The van der Waals surface area contributed by atoms with Gasteiger partial charge in [-0.2, -0.15) is 5.10 Å². The highest BCUT2D eigenvalue weighted by atomic mass is 32.2. The van der Waals surface area contributed by atoms with Crippen LogP contribution in [0.15, 0.2) is 53.6 Å². The van der Waals surface area contributed by atoms with Crippen LogP contribution in [0.1, 0.15) is 21.5 Å². The summed E-state index contributed by atoms with van der Waals surface area (Å²) >= 11 is 0. The van der Waals surface area contributed by atoms with E-state index in [1.807, 2.05) is 0 Å². The summed E-state index contributed by atoms with van der Waals surface area (Å²) < 4.78 is 25.1. The van der Waals surface area contributed by atoms with E-state index in [1.165, 1.54) is 18.3 Å². The predicted octanol–water partition coefficient (Wildman–Crippen LogP) is 1.61. The lowest BCUT2D eigenvalue weighted by Crippen LogP contribution is -2.39. The van der Waals surface area contributed by atoms with Gasteiger partial charge in [0.1, 0.15) is 6.54 Å². The second-order valence-corrected chi connectivity index (χ2v) is 7.65. The average Bonchev–Trinajstić information content (AvgIpc) is 2.60. The summed E-state index contributed by atoms with van der Waals surface area (Å²) in [6.45, 7) is 1.29. The van der Waals surface area contributed by atoms with Crippen LogP contribution in [0.25, 0.3) is 0 Å². The number of para-hydroxylation sites is 1. The maximum absolute atomic E-state index is 12.1. The lowest BCUT2D eigenvalue weighted by Gasteiger charge is -2.23. The molecular weight excluding hydrogens is 370 g/mol. The van der Waals surface area contributed by atoms with E-state index >= 15 is 0 Å². The highest BCUT2D eigenvalue weighted by Gasteiger charge is 2.21. The number of hydrazone groups is 1. The summed E-state index contributed by atoms with van der Waals surface area (Å²) in [6, 6.07) is 13.0. The second-order valence-electron chi connectivity index (χ2n) is 5.74. The monoisotopic (exact) mass is 389 g/mol. The lowest BCUT2D eigenvalue weighted by atomic mass is 10.1. The van der Waals surface area contributed by atoms with Crippen molar-refractivity contribution in [3.63, 3.8) is 0 Å². The van der Waals surface area contributed by atoms with Crippen molar-refractivity contribution in [1.82, 2.24) is 5.43 Å². The normalized spacial score (nSPS) is 11.3. The lowest BCUT2D eigenvalue weighted by molar-refractivity contribution is -0.119. The Kier molecular flexibility index (Phi) is 6.30. The third kappa shape index (κ3) is 5.38. The van der Waals surface area contributed by atoms with Crippen molar-refractivity contribution in [3.05, 3.63) is 65.2 Å². The quantitative estimate of drug-likeness (QED) is 0.551. The number of hydrogen-bond donors (Lipinski definition) is 2. The van der Waals surface area contributed by atoms with Crippen molar-refractivity contribution in [3.8, 4) is 0 Å². The Labute approximate surface area is 157 Å². The Balaban J connectivity index is 2.14. The van der Waals surface area contributed by atoms with E-state index in [2.05, 4.69) is 10.5 Å². The summed E-state index contributed by atoms with van der Waals surface area (Å²) in [5, 5.41) is 12.8. The fourth-order valence-electron chi connectivity index (χ4n) is 2.37. The molecule has 27 heavy (non-hydrogen) atoms. The molecule has 0 aliphatic heterocycles. The number of sulfonamides is 1. The Morgan fingerprint density at radius 1 is 1.15 bits per heavy atom. The molecule has 0 unspecified atom stereocenters. The molecule has 0 atom stereocenters. The van der Waals surface area contributed by atoms with Gasteiger partial charge in [-0.15, -0.1) is 0 Å². The van der Waals surface area contributed by atoms with Crippen LogP contribution in [0.4, 0.5) is 5.69 Å². The minimum atomic E-state index is -3.69. The van der Waals surface area contributed by atoms with Crippen molar-refractivity contribution in [2.75, 3.05) is 17.1 Å². The molecule has 2 aromatic carbocycles. The van der Waals surface area contributed by atoms with Crippen LogP contribution in [-0.4, -0.2) is 44.4 Å². The van der Waals surface area contributed by atoms with Gasteiger partial charge in [-0.1, -0.05) is 36.4 Å². The zero-order valence-electron chi connectivity index (χ0n) is 14.8. The molecule has 8 nitrogen and oxygen atoms in total. The molecule has 0 heterocycles. The molecule has 0 fully saturated rings. The highest BCUT2D eigenvalue weighted by Crippen LogP contribution is 2.21. The first-order valence-corrected chi connectivity index (χ1v) is 9.72. The molecule has 0 aliphatic carbocycles. The molecule has 2 rings (SSSR count). The number of benzene rings is 2. The Morgan fingerprint density at radius 2 is 1.78 bits per heavy atom. The van der Waals surface area contributed by atoms with E-state index in [-0.39, 0.29) is 5.56 Å². The number of anilines is 1. The number of rotatable bonds is 7. The van der Waals surface area contributed by atoms with Gasteiger partial charge in [0.25, 0.3) is 5.91 Å². The molecule has 142 valence electrons. The molecule has 0 saturated heterocycles. The third-order valence-corrected chi connectivity index (χ3v) is 4.78. The SMILES string of the molecule is Cc1ccccc1N(CC(=O)NN=Cc1ccccc1C(=O)O)S(C)(=O)=O. The number of hydrogen-bond acceptors (Lipinski definition) is 5. The van der Waals surface area contributed by atoms with Gasteiger partial charge >= 0.3 is 5.97 Å². The van der Waals surface area contributed by atoms with Crippen LogP contribution in [0, 0.1) is 6.92 Å². The Morgan fingerprint density at radius 3 is 2.41 bits per heavy atom. The van der Waals surface area contributed by atoms with Crippen LogP contribution in [0.2, 0.25) is 0 Å². The maximum Gasteiger partial charge on any atom is 0.336 e. The molecule has 0 aliphatic rings. The van der Waals surface area contributed by atoms with Crippen molar-refractivity contribution >= 4 is 33.8 Å². The van der Waals surface area contributed by atoms with Crippen LogP contribution < -0.4 is 9.73 Å². The van der Waals surface area contributed by atoms with Gasteiger partial charge in [0, 0.05) is 5.56 Å². The summed E-state index contributed by atoms with van der Waals surface area (Å²) in [6.07, 6.45) is 2.21. The molecule has 1 amide bonds. The molecule has 0 bridgehead atoms. The third-order valence-electron chi connectivity index (χ3n) is 3.66. The zero-order chi connectivity index (χ0) is 20.0. The zero-order valence-corrected chi connectivity index (χ0v) is 15.6. The van der Waals surface area contributed by atoms with Gasteiger partial charge in [0.15, 0.2) is 0 Å². The van der Waals surface area contributed by atoms with Crippen LogP contribution in [0.5, 0.6) is 0 Å². The summed E-state index contributed by atoms with van der Waals surface area (Å²) in [4.78, 5) is 23.3. The highest BCUT2D eigenvalue weighted by molar-refractivity contribution is 7.92. The molecule has 0 radical (unpaired) electrons. The first kappa shape index (κ1) is 20.1. The number of nitrogens with one attached hydrogen (secondary N) is 1. The van der Waals surface area contributed by atoms with E-state index in [1.54, 1.807) is 43.3 Å². The van der Waals surface area contributed by atoms with E-state index in [9.17, 15) is 18.0 Å². The number of aromatic carboxylic acids is 1. The number of carboxylic acids is 1. The smallest absolute Gasteiger partial charge is 0.336 e. The maximum atomic E-state index is 12.1. The molecule has 0 spiro atoms. The summed E-state index contributed by atoms with van der Waals surface area (Å²) in [5.74, 6) is -1.78. The average molecular weight is 389 g/mol. The van der Waals surface area contributed by atoms with E-state index in [4.69, 9.17) is 5.11 Å². The van der Waals surface area contributed by atoms with Gasteiger partial charge < -0.3 is 5.11 Å². The fraction of sp³-hybridized carbons (Fsp3) is 0.167. The fourth-order valence-corrected chi connectivity index (χ4v) is 3.28. The molecule has 0 saturated carbocycles. The number of nitrogens with zero attached hydrogens (tertiary/aromatic N) is 2. The van der Waals surface area contributed by atoms with Gasteiger partial charge in [0.2, 0.25) is 10.0 Å². The Hall–Kier alpha value is -3.20. The van der Waals surface area contributed by atoms with Gasteiger partial charge in [-0.05, 0) is 24.6 Å².